The van der Waals surface area contributed by atoms with Gasteiger partial charge in [-0.1, -0.05) is 27.5 Å². The fourth-order valence-electron chi connectivity index (χ4n) is 1.45. The third-order valence-corrected chi connectivity index (χ3v) is 3.08. The summed E-state index contributed by atoms with van der Waals surface area (Å²) >= 11 is 9.48. The number of nitrogens with one attached hydrogen (secondary N) is 1. The normalized spacial score (nSPS) is 12.4. The molecule has 16 heavy (non-hydrogen) atoms. The van der Waals surface area contributed by atoms with Gasteiger partial charge in [-0.05, 0) is 37.3 Å². The van der Waals surface area contributed by atoms with Crippen LogP contribution in [-0.2, 0) is 0 Å². The minimum absolute atomic E-state index is 0.0914. The summed E-state index contributed by atoms with van der Waals surface area (Å²) in [6.07, 6.45) is 1.66. The molecule has 1 aromatic carbocycles. The second kappa shape index (κ2) is 4.93. The molecule has 0 aliphatic rings. The van der Waals surface area contributed by atoms with Crippen molar-refractivity contribution in [2.24, 2.45) is 0 Å². The van der Waals surface area contributed by atoms with E-state index in [0.717, 1.165) is 15.9 Å². The molecule has 0 aliphatic heterocycles. The Kier molecular flexibility index (Phi) is 3.56. The average Bonchev–Trinajstić information content (AvgIpc) is 2.75. The molecular weight excluding hydrogens is 289 g/mol. The molecule has 1 unspecified atom stereocenters. The fraction of sp³-hybridized carbons (Fsp3) is 0.167. The van der Waals surface area contributed by atoms with Crippen LogP contribution in [0.2, 0.25) is 5.02 Å². The van der Waals surface area contributed by atoms with Crippen LogP contribution in [0.25, 0.3) is 0 Å². The quantitative estimate of drug-likeness (QED) is 0.875. The van der Waals surface area contributed by atoms with Crippen molar-refractivity contribution in [2.45, 2.75) is 13.0 Å². The van der Waals surface area contributed by atoms with Gasteiger partial charge in [0.1, 0.15) is 5.76 Å². The molecule has 0 fully saturated rings. The number of hydrogen-bond donors (Lipinski definition) is 1. The van der Waals surface area contributed by atoms with Crippen LogP contribution >= 0.6 is 27.5 Å². The molecule has 0 saturated heterocycles. The summed E-state index contributed by atoms with van der Waals surface area (Å²) in [6, 6.07) is 9.64. The van der Waals surface area contributed by atoms with E-state index in [1.807, 2.05) is 37.3 Å². The Bertz CT molecular complexity index is 470. The maximum absolute atomic E-state index is 6.11. The molecule has 2 aromatic rings. The van der Waals surface area contributed by atoms with Crippen LogP contribution in [0.4, 0.5) is 5.69 Å². The van der Waals surface area contributed by atoms with Crippen LogP contribution in [0.1, 0.15) is 18.7 Å². The highest BCUT2D eigenvalue weighted by molar-refractivity contribution is 9.10. The Morgan fingerprint density at radius 2 is 2.19 bits per heavy atom. The molecule has 84 valence electrons. The smallest absolute Gasteiger partial charge is 0.125 e. The lowest BCUT2D eigenvalue weighted by Gasteiger charge is -2.14. The average molecular weight is 301 g/mol. The minimum atomic E-state index is 0.0914. The number of rotatable bonds is 3. The molecule has 2 nitrogen and oxygen atoms in total. The van der Waals surface area contributed by atoms with Crippen molar-refractivity contribution >= 4 is 33.2 Å². The highest BCUT2D eigenvalue weighted by Gasteiger charge is 2.09. The first-order chi connectivity index (χ1) is 7.66. The molecule has 4 heteroatoms. The van der Waals surface area contributed by atoms with E-state index >= 15 is 0 Å². The number of hydrogen-bond acceptors (Lipinski definition) is 2. The fourth-order valence-corrected chi connectivity index (χ4v) is 2.18. The molecule has 2 rings (SSSR count). The zero-order chi connectivity index (χ0) is 11.5. The van der Waals surface area contributed by atoms with Crippen LogP contribution in [0.3, 0.4) is 0 Å². The van der Waals surface area contributed by atoms with Gasteiger partial charge >= 0.3 is 0 Å². The van der Waals surface area contributed by atoms with Gasteiger partial charge < -0.3 is 9.73 Å². The van der Waals surface area contributed by atoms with E-state index in [2.05, 4.69) is 21.2 Å². The number of benzene rings is 1. The van der Waals surface area contributed by atoms with Gasteiger partial charge in [0.2, 0.25) is 0 Å². The molecular formula is C12H11BrClNO. The zero-order valence-electron chi connectivity index (χ0n) is 8.71. The van der Waals surface area contributed by atoms with Crippen LogP contribution in [0.5, 0.6) is 0 Å². The molecule has 1 aromatic heterocycles. The Balaban J connectivity index is 2.15. The first-order valence-corrected chi connectivity index (χ1v) is 6.09. The van der Waals surface area contributed by atoms with E-state index in [1.54, 1.807) is 6.26 Å². The van der Waals surface area contributed by atoms with Crippen molar-refractivity contribution < 1.29 is 4.42 Å². The monoisotopic (exact) mass is 299 g/mol. The van der Waals surface area contributed by atoms with Crippen molar-refractivity contribution in [1.82, 2.24) is 0 Å². The largest absolute Gasteiger partial charge is 0.467 e. The first kappa shape index (κ1) is 11.6. The second-order valence-electron chi connectivity index (χ2n) is 3.51. The van der Waals surface area contributed by atoms with E-state index in [-0.39, 0.29) is 6.04 Å². The predicted molar refractivity (Wildman–Crippen MR) is 69.9 cm³/mol. The van der Waals surface area contributed by atoms with Gasteiger partial charge in [-0.2, -0.15) is 0 Å². The van der Waals surface area contributed by atoms with Gasteiger partial charge in [0.15, 0.2) is 0 Å². The highest BCUT2D eigenvalue weighted by Crippen LogP contribution is 2.28. The third-order valence-electron chi connectivity index (χ3n) is 2.27. The predicted octanol–water partition coefficient (Wildman–Crippen LogP) is 4.87. The number of furan rings is 1. The van der Waals surface area contributed by atoms with Gasteiger partial charge in [0, 0.05) is 4.47 Å². The Hall–Kier alpha value is -0.930. The highest BCUT2D eigenvalue weighted by atomic mass is 79.9. The molecule has 0 amide bonds. The molecule has 0 radical (unpaired) electrons. The SMILES string of the molecule is CC(Nc1ccc(Br)cc1Cl)c1ccco1. The molecule has 0 aliphatic carbocycles. The Morgan fingerprint density at radius 1 is 1.38 bits per heavy atom. The summed E-state index contributed by atoms with van der Waals surface area (Å²) in [5.74, 6) is 0.888. The van der Waals surface area contributed by atoms with Crippen LogP contribution in [0, 0.1) is 0 Å². The van der Waals surface area contributed by atoms with E-state index in [0.29, 0.717) is 5.02 Å². The van der Waals surface area contributed by atoms with Gasteiger partial charge in [-0.3, -0.25) is 0 Å². The van der Waals surface area contributed by atoms with Crippen molar-refractivity contribution in [3.63, 3.8) is 0 Å². The molecule has 1 heterocycles. The van der Waals surface area contributed by atoms with E-state index in [4.69, 9.17) is 16.0 Å². The van der Waals surface area contributed by atoms with Gasteiger partial charge in [0.25, 0.3) is 0 Å². The molecule has 0 saturated carbocycles. The summed E-state index contributed by atoms with van der Waals surface area (Å²) in [6.45, 7) is 2.03. The van der Waals surface area contributed by atoms with Gasteiger partial charge in [-0.15, -0.1) is 0 Å². The molecule has 0 spiro atoms. The second-order valence-corrected chi connectivity index (χ2v) is 4.83. The van der Waals surface area contributed by atoms with Gasteiger partial charge in [0.05, 0.1) is 23.0 Å². The molecule has 1 N–H and O–H groups in total. The lowest BCUT2D eigenvalue weighted by Crippen LogP contribution is -2.05. The Morgan fingerprint density at radius 3 is 2.81 bits per heavy atom. The van der Waals surface area contributed by atoms with E-state index in [1.165, 1.54) is 0 Å². The van der Waals surface area contributed by atoms with Crippen LogP contribution < -0.4 is 5.32 Å². The standard InChI is InChI=1S/C12H11BrClNO/c1-8(12-3-2-6-16-12)15-11-5-4-9(13)7-10(11)14/h2-8,15H,1H3. The summed E-state index contributed by atoms with van der Waals surface area (Å²) in [4.78, 5) is 0. The summed E-state index contributed by atoms with van der Waals surface area (Å²) in [7, 11) is 0. The lowest BCUT2D eigenvalue weighted by molar-refractivity contribution is 0.490. The minimum Gasteiger partial charge on any atom is -0.467 e. The summed E-state index contributed by atoms with van der Waals surface area (Å²) < 4.78 is 6.28. The van der Waals surface area contributed by atoms with Crippen molar-refractivity contribution in [3.8, 4) is 0 Å². The van der Waals surface area contributed by atoms with E-state index < -0.39 is 0 Å². The maximum Gasteiger partial charge on any atom is 0.125 e. The zero-order valence-corrected chi connectivity index (χ0v) is 11.0. The molecule has 1 atom stereocenters. The molecule has 0 bridgehead atoms. The summed E-state index contributed by atoms with van der Waals surface area (Å²) in [5, 5.41) is 3.98. The van der Waals surface area contributed by atoms with Crippen molar-refractivity contribution in [1.29, 1.82) is 0 Å². The van der Waals surface area contributed by atoms with Crippen LogP contribution in [-0.4, -0.2) is 0 Å². The maximum atomic E-state index is 6.11. The third kappa shape index (κ3) is 2.60. The first-order valence-electron chi connectivity index (χ1n) is 4.92. The van der Waals surface area contributed by atoms with Crippen LogP contribution in [0.15, 0.2) is 45.5 Å². The van der Waals surface area contributed by atoms with E-state index in [9.17, 15) is 0 Å². The lowest BCUT2D eigenvalue weighted by atomic mass is 10.2. The topological polar surface area (TPSA) is 25.2 Å². The Labute approximate surface area is 108 Å². The van der Waals surface area contributed by atoms with Crippen molar-refractivity contribution in [3.05, 3.63) is 51.9 Å². The summed E-state index contributed by atoms with van der Waals surface area (Å²) in [5.41, 5.74) is 0.897. The van der Waals surface area contributed by atoms with Gasteiger partial charge in [-0.25, -0.2) is 0 Å². The number of anilines is 1. The van der Waals surface area contributed by atoms with Crippen molar-refractivity contribution in [2.75, 3.05) is 5.32 Å². The number of halogens is 2.